The monoisotopic (exact) mass is 327 g/mol. The molecule has 22 heavy (non-hydrogen) atoms. The summed E-state index contributed by atoms with van der Waals surface area (Å²) < 4.78 is 35.8. The molecule has 8 heteroatoms. The molecule has 7 nitrogen and oxygen atoms in total. The van der Waals surface area contributed by atoms with Crippen LogP contribution in [0.3, 0.4) is 0 Å². The Morgan fingerprint density at radius 1 is 1.09 bits per heavy atom. The van der Waals surface area contributed by atoms with Crippen LogP contribution in [-0.4, -0.2) is 33.6 Å². The molecule has 1 aromatic carbocycles. The molecule has 0 atom stereocenters. The Hall–Kier alpha value is -2.35. The van der Waals surface area contributed by atoms with Gasteiger partial charge >= 0.3 is 11.9 Å². The lowest BCUT2D eigenvalue weighted by Crippen LogP contribution is -2.29. The average Bonchev–Trinajstić information content (AvgIpc) is 2.48. The first-order chi connectivity index (χ1) is 10.4. The van der Waals surface area contributed by atoms with Crippen LogP contribution in [0.15, 0.2) is 47.0 Å². The molecule has 0 aliphatic carbocycles. The molecule has 0 aliphatic rings. The number of carbonyl (C=O) groups is 2. The Balaban J connectivity index is 3.08. The fourth-order valence-electron chi connectivity index (χ4n) is 1.44. The van der Waals surface area contributed by atoms with Crippen LogP contribution in [0, 0.1) is 0 Å². The SMILES string of the molecule is CCOC(=O)/C=C(/NS(=O)(=O)c1ccccc1)C(=O)OCC. The van der Waals surface area contributed by atoms with Gasteiger partial charge in [0.15, 0.2) is 0 Å². The summed E-state index contributed by atoms with van der Waals surface area (Å²) in [6, 6.07) is 7.44. The number of benzene rings is 1. The van der Waals surface area contributed by atoms with E-state index in [1.807, 2.05) is 4.72 Å². The Morgan fingerprint density at radius 2 is 1.68 bits per heavy atom. The molecule has 0 fully saturated rings. The largest absolute Gasteiger partial charge is 0.463 e. The molecular formula is C14H17NO6S. The summed E-state index contributed by atoms with van der Waals surface area (Å²) in [6.45, 7) is 3.28. The van der Waals surface area contributed by atoms with Crippen molar-refractivity contribution in [2.45, 2.75) is 18.7 Å². The van der Waals surface area contributed by atoms with Gasteiger partial charge in [-0.15, -0.1) is 0 Å². The molecular weight excluding hydrogens is 310 g/mol. The minimum absolute atomic E-state index is 0.0338. The van der Waals surface area contributed by atoms with E-state index in [4.69, 9.17) is 4.74 Å². The summed E-state index contributed by atoms with van der Waals surface area (Å²) in [5, 5.41) is 0. The van der Waals surface area contributed by atoms with Crippen LogP contribution in [0.5, 0.6) is 0 Å². The molecule has 0 saturated carbocycles. The zero-order valence-electron chi connectivity index (χ0n) is 12.2. The predicted molar refractivity (Wildman–Crippen MR) is 78.1 cm³/mol. The van der Waals surface area contributed by atoms with Gasteiger partial charge in [0.05, 0.1) is 24.2 Å². The van der Waals surface area contributed by atoms with Crippen molar-refractivity contribution in [1.82, 2.24) is 4.72 Å². The highest BCUT2D eigenvalue weighted by atomic mass is 32.2. The first kappa shape index (κ1) is 17.7. The highest BCUT2D eigenvalue weighted by Gasteiger charge is 2.21. The van der Waals surface area contributed by atoms with Gasteiger partial charge in [0.1, 0.15) is 5.70 Å². The topological polar surface area (TPSA) is 98.8 Å². The second-order valence-electron chi connectivity index (χ2n) is 3.95. The van der Waals surface area contributed by atoms with E-state index in [1.54, 1.807) is 19.9 Å². The third kappa shape index (κ3) is 5.21. The van der Waals surface area contributed by atoms with E-state index in [2.05, 4.69) is 4.74 Å². The number of nitrogens with one attached hydrogen (secondary N) is 1. The lowest BCUT2D eigenvalue weighted by Gasteiger charge is -2.11. The van der Waals surface area contributed by atoms with Crippen LogP contribution in [0.1, 0.15) is 13.8 Å². The molecule has 1 N–H and O–H groups in total. The molecule has 0 spiro atoms. The summed E-state index contributed by atoms with van der Waals surface area (Å²) in [6.07, 6.45) is 0.752. The number of esters is 2. The molecule has 0 bridgehead atoms. The quantitative estimate of drug-likeness (QED) is 0.592. The van der Waals surface area contributed by atoms with Gasteiger partial charge in [0, 0.05) is 0 Å². The van der Waals surface area contributed by atoms with Crippen LogP contribution in [-0.2, 0) is 29.1 Å². The van der Waals surface area contributed by atoms with Crippen LogP contribution in [0.4, 0.5) is 0 Å². The van der Waals surface area contributed by atoms with E-state index >= 15 is 0 Å². The van der Waals surface area contributed by atoms with Crippen molar-refractivity contribution in [1.29, 1.82) is 0 Å². The van der Waals surface area contributed by atoms with E-state index < -0.39 is 27.7 Å². The van der Waals surface area contributed by atoms with Gasteiger partial charge in [0.25, 0.3) is 10.0 Å². The first-order valence-corrected chi connectivity index (χ1v) is 8.02. The summed E-state index contributed by atoms with van der Waals surface area (Å²) >= 11 is 0. The zero-order chi connectivity index (χ0) is 16.6. The Morgan fingerprint density at radius 3 is 2.23 bits per heavy atom. The van der Waals surface area contributed by atoms with E-state index in [0.717, 1.165) is 6.08 Å². The Labute approximate surface area is 129 Å². The maximum absolute atomic E-state index is 12.2. The maximum atomic E-state index is 12.2. The highest BCUT2D eigenvalue weighted by Crippen LogP contribution is 2.10. The summed E-state index contributed by atoms with van der Waals surface area (Å²) in [5.41, 5.74) is -0.510. The zero-order valence-corrected chi connectivity index (χ0v) is 13.1. The van der Waals surface area contributed by atoms with Crippen molar-refractivity contribution < 1.29 is 27.5 Å². The molecule has 0 heterocycles. The second-order valence-corrected chi connectivity index (χ2v) is 5.63. The van der Waals surface area contributed by atoms with Gasteiger partial charge in [0.2, 0.25) is 0 Å². The Bertz CT molecular complexity index is 651. The fraction of sp³-hybridized carbons (Fsp3) is 0.286. The van der Waals surface area contributed by atoms with Crippen molar-refractivity contribution in [2.75, 3.05) is 13.2 Å². The minimum Gasteiger partial charge on any atom is -0.463 e. The molecule has 0 saturated heterocycles. The summed E-state index contributed by atoms with van der Waals surface area (Å²) in [4.78, 5) is 23.2. The Kier molecular flexibility index (Phi) is 6.58. The second kappa shape index (κ2) is 8.18. The highest BCUT2D eigenvalue weighted by molar-refractivity contribution is 7.89. The van der Waals surface area contributed by atoms with Gasteiger partial charge < -0.3 is 9.47 Å². The average molecular weight is 327 g/mol. The number of ether oxygens (including phenoxy) is 2. The molecule has 120 valence electrons. The van der Waals surface area contributed by atoms with E-state index in [-0.39, 0.29) is 18.1 Å². The van der Waals surface area contributed by atoms with Crippen molar-refractivity contribution >= 4 is 22.0 Å². The predicted octanol–water partition coefficient (Wildman–Crippen LogP) is 0.975. The smallest absolute Gasteiger partial charge is 0.355 e. The summed E-state index contributed by atoms with van der Waals surface area (Å²) in [7, 11) is -4.01. The van der Waals surface area contributed by atoms with E-state index in [0.29, 0.717) is 0 Å². The normalized spacial score (nSPS) is 11.6. The number of sulfonamides is 1. The van der Waals surface area contributed by atoms with Crippen molar-refractivity contribution in [3.05, 3.63) is 42.1 Å². The van der Waals surface area contributed by atoms with Crippen molar-refractivity contribution in [3.63, 3.8) is 0 Å². The molecule has 0 aliphatic heterocycles. The number of hydrogen-bond acceptors (Lipinski definition) is 6. The molecule has 1 rings (SSSR count). The van der Waals surface area contributed by atoms with E-state index in [9.17, 15) is 18.0 Å². The van der Waals surface area contributed by atoms with Crippen LogP contribution < -0.4 is 4.72 Å². The van der Waals surface area contributed by atoms with Gasteiger partial charge in [-0.05, 0) is 26.0 Å². The lowest BCUT2D eigenvalue weighted by molar-refractivity contribution is -0.141. The minimum atomic E-state index is -4.01. The van der Waals surface area contributed by atoms with Gasteiger partial charge in [-0.1, -0.05) is 18.2 Å². The van der Waals surface area contributed by atoms with E-state index in [1.165, 1.54) is 24.3 Å². The van der Waals surface area contributed by atoms with Gasteiger partial charge in [-0.2, -0.15) is 0 Å². The molecule has 0 amide bonds. The molecule has 0 unspecified atom stereocenters. The first-order valence-electron chi connectivity index (χ1n) is 6.54. The molecule has 0 radical (unpaired) electrons. The summed E-state index contributed by atoms with van der Waals surface area (Å²) in [5.74, 6) is -1.81. The fourth-order valence-corrected chi connectivity index (χ4v) is 2.51. The molecule has 0 aromatic heterocycles. The van der Waals surface area contributed by atoms with Crippen LogP contribution in [0.25, 0.3) is 0 Å². The third-order valence-electron chi connectivity index (χ3n) is 2.34. The number of carbonyl (C=O) groups excluding carboxylic acids is 2. The maximum Gasteiger partial charge on any atom is 0.355 e. The van der Waals surface area contributed by atoms with Crippen molar-refractivity contribution in [2.24, 2.45) is 0 Å². The molecule has 1 aromatic rings. The van der Waals surface area contributed by atoms with Crippen LogP contribution in [0.2, 0.25) is 0 Å². The lowest BCUT2D eigenvalue weighted by atomic mass is 10.4. The third-order valence-corrected chi connectivity index (χ3v) is 3.72. The van der Waals surface area contributed by atoms with Crippen molar-refractivity contribution in [3.8, 4) is 0 Å². The van der Waals surface area contributed by atoms with Gasteiger partial charge in [-0.25, -0.2) is 18.0 Å². The standard InChI is InChI=1S/C14H17NO6S/c1-3-20-13(16)10-12(14(17)21-4-2)15-22(18,19)11-8-6-5-7-9-11/h5-10,15H,3-4H2,1-2H3/b12-10+. The van der Waals surface area contributed by atoms with Gasteiger partial charge in [-0.3, -0.25) is 4.72 Å². The number of hydrogen-bond donors (Lipinski definition) is 1. The number of rotatable bonds is 7. The van der Waals surface area contributed by atoms with Crippen LogP contribution >= 0.6 is 0 Å².